The summed E-state index contributed by atoms with van der Waals surface area (Å²) >= 11 is 0. The minimum Gasteiger partial charge on any atom is -0.497 e. The molecule has 0 atom stereocenters. The van der Waals surface area contributed by atoms with Gasteiger partial charge >= 0.3 is 5.97 Å². The first-order valence-electron chi connectivity index (χ1n) is 8.54. The molecule has 0 aliphatic carbocycles. The highest BCUT2D eigenvalue weighted by Gasteiger charge is 2.24. The Morgan fingerprint density at radius 2 is 1.63 bits per heavy atom. The van der Waals surface area contributed by atoms with Gasteiger partial charge in [-0.2, -0.15) is 0 Å². The van der Waals surface area contributed by atoms with Crippen molar-refractivity contribution >= 4 is 23.0 Å². The molecule has 0 saturated carbocycles. The Hall–Kier alpha value is -3.29. The van der Waals surface area contributed by atoms with Crippen LogP contribution in [0, 0.1) is 10.1 Å². The zero-order valence-electron chi connectivity index (χ0n) is 15.3. The summed E-state index contributed by atoms with van der Waals surface area (Å²) in [5.74, 6) is 0.234. The number of anilines is 2. The summed E-state index contributed by atoms with van der Waals surface area (Å²) in [6.07, 6.45) is 0. The second-order valence-electron chi connectivity index (χ2n) is 6.12. The Morgan fingerprint density at radius 1 is 1.00 bits per heavy atom. The molecule has 1 fully saturated rings. The highest BCUT2D eigenvalue weighted by atomic mass is 16.6. The molecule has 0 unspecified atom stereocenters. The Morgan fingerprint density at radius 3 is 2.19 bits per heavy atom. The van der Waals surface area contributed by atoms with E-state index in [4.69, 9.17) is 9.47 Å². The van der Waals surface area contributed by atoms with Gasteiger partial charge in [0.15, 0.2) is 0 Å². The van der Waals surface area contributed by atoms with Crippen LogP contribution in [0.15, 0.2) is 42.5 Å². The molecule has 0 bridgehead atoms. The average molecular weight is 371 g/mol. The predicted octanol–water partition coefficient (Wildman–Crippen LogP) is 2.72. The van der Waals surface area contributed by atoms with E-state index in [2.05, 4.69) is 9.80 Å². The van der Waals surface area contributed by atoms with Gasteiger partial charge in [-0.3, -0.25) is 10.1 Å². The number of rotatable bonds is 5. The number of methoxy groups -OCH3 is 2. The maximum Gasteiger partial charge on any atom is 0.340 e. The fourth-order valence-electron chi connectivity index (χ4n) is 3.19. The maximum absolute atomic E-state index is 12.1. The van der Waals surface area contributed by atoms with E-state index >= 15 is 0 Å². The van der Waals surface area contributed by atoms with Crippen LogP contribution in [0.1, 0.15) is 10.4 Å². The summed E-state index contributed by atoms with van der Waals surface area (Å²) in [5, 5.41) is 11.0. The summed E-state index contributed by atoms with van der Waals surface area (Å²) < 4.78 is 9.99. The summed E-state index contributed by atoms with van der Waals surface area (Å²) in [4.78, 5) is 26.9. The number of esters is 1. The van der Waals surface area contributed by atoms with Crippen LogP contribution in [0.4, 0.5) is 17.1 Å². The van der Waals surface area contributed by atoms with E-state index in [1.165, 1.54) is 19.2 Å². The number of ether oxygens (including phenoxy) is 2. The van der Waals surface area contributed by atoms with Crippen LogP contribution in [0.25, 0.3) is 0 Å². The SMILES string of the molecule is COC(=O)c1cc([N+](=O)[O-])ccc1N1CCN(c2ccc(OC)cc2)CC1. The number of nitro benzene ring substituents is 1. The van der Waals surface area contributed by atoms with E-state index in [1.54, 1.807) is 13.2 Å². The van der Waals surface area contributed by atoms with Crippen molar-refractivity contribution in [3.05, 3.63) is 58.1 Å². The number of benzene rings is 2. The third-order valence-corrected chi connectivity index (χ3v) is 4.65. The van der Waals surface area contributed by atoms with Gasteiger partial charge in [0.2, 0.25) is 0 Å². The molecule has 0 radical (unpaired) electrons. The average Bonchev–Trinajstić information content (AvgIpc) is 2.73. The third-order valence-electron chi connectivity index (χ3n) is 4.65. The highest BCUT2D eigenvalue weighted by molar-refractivity contribution is 5.96. The number of piperazine rings is 1. The van der Waals surface area contributed by atoms with Gasteiger partial charge in [0.25, 0.3) is 5.69 Å². The molecule has 142 valence electrons. The van der Waals surface area contributed by atoms with Crippen molar-refractivity contribution < 1.29 is 19.2 Å². The molecule has 8 heteroatoms. The van der Waals surface area contributed by atoms with E-state index in [0.717, 1.165) is 24.5 Å². The van der Waals surface area contributed by atoms with Gasteiger partial charge in [-0.05, 0) is 30.3 Å². The molecule has 0 N–H and O–H groups in total. The summed E-state index contributed by atoms with van der Waals surface area (Å²) in [7, 11) is 2.91. The molecule has 0 amide bonds. The molecule has 2 aromatic carbocycles. The van der Waals surface area contributed by atoms with E-state index in [9.17, 15) is 14.9 Å². The smallest absolute Gasteiger partial charge is 0.340 e. The molecule has 1 heterocycles. The van der Waals surface area contributed by atoms with Crippen molar-refractivity contribution in [3.8, 4) is 5.75 Å². The van der Waals surface area contributed by atoms with Gasteiger partial charge in [0.1, 0.15) is 5.75 Å². The summed E-state index contributed by atoms with van der Waals surface area (Å²) in [6.45, 7) is 2.91. The molecule has 2 aromatic rings. The number of nitrogens with zero attached hydrogens (tertiary/aromatic N) is 3. The minimum atomic E-state index is -0.578. The maximum atomic E-state index is 12.1. The van der Waals surface area contributed by atoms with Crippen molar-refractivity contribution in [2.24, 2.45) is 0 Å². The van der Waals surface area contributed by atoms with E-state index in [-0.39, 0.29) is 11.3 Å². The van der Waals surface area contributed by atoms with Crippen LogP contribution >= 0.6 is 0 Å². The summed E-state index contributed by atoms with van der Waals surface area (Å²) in [6, 6.07) is 12.2. The van der Waals surface area contributed by atoms with Gasteiger partial charge in [-0.1, -0.05) is 0 Å². The molecule has 1 saturated heterocycles. The topological polar surface area (TPSA) is 85.1 Å². The monoisotopic (exact) mass is 371 g/mol. The molecule has 0 spiro atoms. The molecule has 1 aliphatic heterocycles. The lowest BCUT2D eigenvalue weighted by Crippen LogP contribution is -2.47. The molecule has 27 heavy (non-hydrogen) atoms. The first-order chi connectivity index (χ1) is 13.0. The van der Waals surface area contributed by atoms with Crippen LogP contribution in [0.3, 0.4) is 0 Å². The largest absolute Gasteiger partial charge is 0.497 e. The Bertz CT molecular complexity index is 830. The van der Waals surface area contributed by atoms with Crippen LogP contribution in [-0.4, -0.2) is 51.3 Å². The lowest BCUT2D eigenvalue weighted by atomic mass is 10.1. The number of hydrogen-bond acceptors (Lipinski definition) is 7. The first-order valence-corrected chi connectivity index (χ1v) is 8.54. The molecular weight excluding hydrogens is 350 g/mol. The number of hydrogen-bond donors (Lipinski definition) is 0. The number of carbonyl (C=O) groups is 1. The van der Waals surface area contributed by atoms with Gasteiger partial charge in [-0.15, -0.1) is 0 Å². The molecule has 8 nitrogen and oxygen atoms in total. The number of non-ortho nitro benzene ring substituents is 1. The van der Waals surface area contributed by atoms with E-state index < -0.39 is 10.9 Å². The van der Waals surface area contributed by atoms with Gasteiger partial charge in [-0.25, -0.2) is 4.79 Å². The molecule has 1 aliphatic rings. The van der Waals surface area contributed by atoms with Crippen LogP contribution in [0.5, 0.6) is 5.75 Å². The normalized spacial score (nSPS) is 14.0. The minimum absolute atomic E-state index is 0.129. The van der Waals surface area contributed by atoms with Crippen molar-refractivity contribution in [3.63, 3.8) is 0 Å². The molecule has 3 rings (SSSR count). The second kappa shape index (κ2) is 7.94. The van der Waals surface area contributed by atoms with Crippen molar-refractivity contribution in [1.29, 1.82) is 0 Å². The van der Waals surface area contributed by atoms with Crippen LogP contribution in [-0.2, 0) is 4.74 Å². The number of nitro groups is 1. The van der Waals surface area contributed by atoms with Crippen molar-refractivity contribution in [2.45, 2.75) is 0 Å². The fourth-order valence-corrected chi connectivity index (χ4v) is 3.19. The summed E-state index contributed by atoms with van der Waals surface area (Å²) in [5.41, 5.74) is 1.84. The Kier molecular flexibility index (Phi) is 5.44. The fraction of sp³-hybridized carbons (Fsp3) is 0.316. The highest BCUT2D eigenvalue weighted by Crippen LogP contribution is 2.28. The predicted molar refractivity (Wildman–Crippen MR) is 102 cm³/mol. The Labute approximate surface area is 157 Å². The molecule has 0 aromatic heterocycles. The lowest BCUT2D eigenvalue weighted by molar-refractivity contribution is -0.384. The third kappa shape index (κ3) is 3.94. The van der Waals surface area contributed by atoms with Crippen LogP contribution < -0.4 is 14.5 Å². The van der Waals surface area contributed by atoms with E-state index in [0.29, 0.717) is 18.8 Å². The van der Waals surface area contributed by atoms with Gasteiger partial charge in [0, 0.05) is 44.0 Å². The van der Waals surface area contributed by atoms with Gasteiger partial charge in [0.05, 0.1) is 30.4 Å². The van der Waals surface area contributed by atoms with Gasteiger partial charge < -0.3 is 19.3 Å². The van der Waals surface area contributed by atoms with Crippen LogP contribution in [0.2, 0.25) is 0 Å². The lowest BCUT2D eigenvalue weighted by Gasteiger charge is -2.38. The molecular formula is C19H21N3O5. The quantitative estimate of drug-likeness (QED) is 0.454. The number of carbonyl (C=O) groups excluding carboxylic acids is 1. The zero-order valence-corrected chi connectivity index (χ0v) is 15.3. The van der Waals surface area contributed by atoms with E-state index in [1.807, 2.05) is 24.3 Å². The first kappa shape index (κ1) is 18.5. The van der Waals surface area contributed by atoms with Crippen molar-refractivity contribution in [2.75, 3.05) is 50.2 Å². The Balaban J connectivity index is 1.76. The second-order valence-corrected chi connectivity index (χ2v) is 6.12. The standard InChI is InChI=1S/C19H21N3O5/c1-26-16-6-3-14(4-7-16)20-9-11-21(12-10-20)18-8-5-15(22(24)25)13-17(18)19(23)27-2/h3-8,13H,9-12H2,1-2H3. The van der Waals surface area contributed by atoms with Crippen molar-refractivity contribution in [1.82, 2.24) is 0 Å². The zero-order chi connectivity index (χ0) is 19.4.